The van der Waals surface area contributed by atoms with Gasteiger partial charge in [0.15, 0.2) is 0 Å². The molecule has 2 atom stereocenters. The summed E-state index contributed by atoms with van der Waals surface area (Å²) in [6.45, 7) is 4.27. The maximum Gasteiger partial charge on any atom is 0.267 e. The number of fused-ring (bicyclic) bond motifs is 1. The first-order valence-corrected chi connectivity index (χ1v) is 6.65. The van der Waals surface area contributed by atoms with Gasteiger partial charge in [-0.3, -0.25) is 4.79 Å². The molecule has 0 fully saturated rings. The third-order valence-corrected chi connectivity index (χ3v) is 3.55. The number of aromatic nitrogens is 1. The van der Waals surface area contributed by atoms with Crippen molar-refractivity contribution in [1.82, 2.24) is 10.3 Å². The van der Waals surface area contributed by atoms with Crippen molar-refractivity contribution < 1.29 is 9.90 Å². The van der Waals surface area contributed by atoms with Gasteiger partial charge in [0.2, 0.25) is 0 Å². The Kier molecular flexibility index (Phi) is 4.22. The molecule has 0 radical (unpaired) electrons. The molecule has 4 heteroatoms. The molecule has 0 bridgehead atoms. The Labute approximate surface area is 112 Å². The van der Waals surface area contributed by atoms with Crippen molar-refractivity contribution in [2.45, 2.75) is 26.4 Å². The molecule has 0 saturated carbocycles. The largest absolute Gasteiger partial charge is 0.391 e. The van der Waals surface area contributed by atoms with Gasteiger partial charge in [-0.15, -0.1) is 0 Å². The molecule has 0 aliphatic heterocycles. The molecule has 4 nitrogen and oxygen atoms in total. The van der Waals surface area contributed by atoms with E-state index in [1.165, 1.54) is 0 Å². The Bertz CT molecular complexity index is 529. The second-order valence-electron chi connectivity index (χ2n) is 4.93. The predicted molar refractivity (Wildman–Crippen MR) is 76.1 cm³/mol. The number of carbonyl (C=O) groups excluding carboxylic acids is 1. The molecule has 19 heavy (non-hydrogen) atoms. The fourth-order valence-electron chi connectivity index (χ4n) is 1.96. The summed E-state index contributed by atoms with van der Waals surface area (Å²) in [5.41, 5.74) is 1.47. The first kappa shape index (κ1) is 13.6. The highest BCUT2D eigenvalue weighted by molar-refractivity contribution is 5.97. The molecule has 0 aliphatic carbocycles. The molecular formula is C15H20N2O2. The van der Waals surface area contributed by atoms with Gasteiger partial charge >= 0.3 is 0 Å². The Morgan fingerprint density at radius 1 is 1.42 bits per heavy atom. The predicted octanol–water partition coefficient (Wildman–Crippen LogP) is 2.30. The van der Waals surface area contributed by atoms with Crippen LogP contribution < -0.4 is 5.32 Å². The van der Waals surface area contributed by atoms with E-state index in [2.05, 4.69) is 10.3 Å². The summed E-state index contributed by atoms with van der Waals surface area (Å²) in [5.74, 6) is 0.00145. The van der Waals surface area contributed by atoms with E-state index in [1.54, 1.807) is 0 Å². The first-order valence-electron chi connectivity index (χ1n) is 6.65. The summed E-state index contributed by atoms with van der Waals surface area (Å²) in [5, 5.41) is 13.6. The molecule has 0 spiro atoms. The maximum atomic E-state index is 12.0. The maximum absolute atomic E-state index is 12.0. The molecule has 1 aromatic carbocycles. The average molecular weight is 260 g/mol. The van der Waals surface area contributed by atoms with Crippen molar-refractivity contribution in [3.63, 3.8) is 0 Å². The number of rotatable bonds is 5. The minimum absolute atomic E-state index is 0.182. The van der Waals surface area contributed by atoms with Crippen molar-refractivity contribution in [3.8, 4) is 0 Å². The van der Waals surface area contributed by atoms with Crippen LogP contribution in [-0.2, 0) is 0 Å². The van der Waals surface area contributed by atoms with Crippen molar-refractivity contribution >= 4 is 16.8 Å². The lowest BCUT2D eigenvalue weighted by Crippen LogP contribution is -2.35. The minimum Gasteiger partial charge on any atom is -0.391 e. The molecular weight excluding hydrogens is 240 g/mol. The van der Waals surface area contributed by atoms with Gasteiger partial charge in [0.1, 0.15) is 5.69 Å². The number of nitrogens with one attached hydrogen (secondary N) is 2. The zero-order valence-electron chi connectivity index (χ0n) is 11.3. The Morgan fingerprint density at radius 2 is 2.16 bits per heavy atom. The monoisotopic (exact) mass is 260 g/mol. The smallest absolute Gasteiger partial charge is 0.267 e. The van der Waals surface area contributed by atoms with E-state index in [0.717, 1.165) is 17.3 Å². The number of para-hydroxylation sites is 1. The number of aliphatic hydroxyl groups excluding tert-OH is 1. The van der Waals surface area contributed by atoms with Crippen LogP contribution in [-0.4, -0.2) is 28.6 Å². The molecule has 1 aromatic heterocycles. The molecule has 0 saturated heterocycles. The van der Waals surface area contributed by atoms with Gasteiger partial charge in [-0.05, 0) is 18.1 Å². The number of benzene rings is 1. The van der Waals surface area contributed by atoms with Gasteiger partial charge in [0, 0.05) is 17.4 Å². The van der Waals surface area contributed by atoms with Crippen molar-refractivity contribution in [2.24, 2.45) is 5.92 Å². The fourth-order valence-corrected chi connectivity index (χ4v) is 1.96. The van der Waals surface area contributed by atoms with Crippen molar-refractivity contribution in [1.29, 1.82) is 0 Å². The van der Waals surface area contributed by atoms with E-state index >= 15 is 0 Å². The van der Waals surface area contributed by atoms with Crippen LogP contribution in [0, 0.1) is 5.92 Å². The van der Waals surface area contributed by atoms with E-state index < -0.39 is 6.10 Å². The SMILES string of the molecule is CCC(C)C(O)CNC(=O)c1cc2ccccc2[nH]1. The van der Waals surface area contributed by atoms with Crippen molar-refractivity contribution in [3.05, 3.63) is 36.0 Å². The Morgan fingerprint density at radius 3 is 2.84 bits per heavy atom. The number of aliphatic hydroxyl groups is 1. The summed E-state index contributed by atoms with van der Waals surface area (Å²) in [6, 6.07) is 9.56. The van der Waals surface area contributed by atoms with Crippen LogP contribution in [0.1, 0.15) is 30.8 Å². The summed E-state index contributed by atoms with van der Waals surface area (Å²) >= 11 is 0. The molecule has 0 aliphatic rings. The van der Waals surface area contributed by atoms with Crippen LogP contribution in [0.25, 0.3) is 10.9 Å². The van der Waals surface area contributed by atoms with Crippen LogP contribution in [0.15, 0.2) is 30.3 Å². The second kappa shape index (κ2) is 5.89. The Hall–Kier alpha value is -1.81. The van der Waals surface area contributed by atoms with Gasteiger partial charge < -0.3 is 15.4 Å². The molecule has 2 rings (SSSR count). The zero-order chi connectivity index (χ0) is 13.8. The number of aromatic amines is 1. The van der Waals surface area contributed by atoms with Gasteiger partial charge in [-0.1, -0.05) is 38.5 Å². The van der Waals surface area contributed by atoms with Crippen LogP contribution >= 0.6 is 0 Å². The quantitative estimate of drug-likeness (QED) is 0.772. The van der Waals surface area contributed by atoms with Crippen LogP contribution in [0.3, 0.4) is 0 Å². The van der Waals surface area contributed by atoms with Gasteiger partial charge in [-0.2, -0.15) is 0 Å². The third-order valence-electron chi connectivity index (χ3n) is 3.55. The second-order valence-corrected chi connectivity index (χ2v) is 4.93. The standard InChI is InChI=1S/C15H20N2O2/c1-3-10(2)14(18)9-16-15(19)13-8-11-6-4-5-7-12(11)17-13/h4-8,10,14,17-18H,3,9H2,1-2H3,(H,16,19). The van der Waals surface area contributed by atoms with Gasteiger partial charge in [0.05, 0.1) is 6.10 Å². The zero-order valence-corrected chi connectivity index (χ0v) is 11.3. The lowest BCUT2D eigenvalue weighted by Gasteiger charge is -2.17. The summed E-state index contributed by atoms with van der Waals surface area (Å²) < 4.78 is 0. The number of carbonyl (C=O) groups is 1. The highest BCUT2D eigenvalue weighted by Gasteiger charge is 2.15. The fraction of sp³-hybridized carbons (Fsp3) is 0.400. The summed E-state index contributed by atoms with van der Waals surface area (Å²) in [7, 11) is 0. The van der Waals surface area contributed by atoms with Crippen molar-refractivity contribution in [2.75, 3.05) is 6.54 Å². The van der Waals surface area contributed by atoms with Crippen LogP contribution in [0.5, 0.6) is 0 Å². The van der Waals surface area contributed by atoms with Gasteiger partial charge in [-0.25, -0.2) is 0 Å². The van der Waals surface area contributed by atoms with Crippen LogP contribution in [0.2, 0.25) is 0 Å². The summed E-state index contributed by atoms with van der Waals surface area (Å²) in [6.07, 6.45) is 0.391. The molecule has 102 valence electrons. The molecule has 1 heterocycles. The van der Waals surface area contributed by atoms with Gasteiger partial charge in [0.25, 0.3) is 5.91 Å². The van der Waals surface area contributed by atoms with Crippen LogP contribution in [0.4, 0.5) is 0 Å². The highest BCUT2D eigenvalue weighted by atomic mass is 16.3. The lowest BCUT2D eigenvalue weighted by molar-refractivity contribution is 0.0846. The normalized spacial score (nSPS) is 14.3. The topological polar surface area (TPSA) is 65.1 Å². The number of hydrogen-bond donors (Lipinski definition) is 3. The highest BCUT2D eigenvalue weighted by Crippen LogP contribution is 2.14. The van der Waals surface area contributed by atoms with E-state index in [9.17, 15) is 9.90 Å². The Balaban J connectivity index is 2.00. The lowest BCUT2D eigenvalue weighted by atomic mass is 10.0. The molecule has 2 unspecified atom stereocenters. The number of hydrogen-bond acceptors (Lipinski definition) is 2. The number of amides is 1. The molecule has 2 aromatic rings. The number of H-pyrrole nitrogens is 1. The average Bonchev–Trinajstić information content (AvgIpc) is 2.87. The van der Waals surface area contributed by atoms with E-state index in [1.807, 2.05) is 44.2 Å². The first-order chi connectivity index (χ1) is 9.11. The summed E-state index contributed by atoms with van der Waals surface area (Å²) in [4.78, 5) is 15.0. The third kappa shape index (κ3) is 3.15. The van der Waals surface area contributed by atoms with E-state index in [0.29, 0.717) is 5.69 Å². The molecule has 1 amide bonds. The molecule has 3 N–H and O–H groups in total. The van der Waals surface area contributed by atoms with E-state index in [-0.39, 0.29) is 18.4 Å². The minimum atomic E-state index is -0.502. The van der Waals surface area contributed by atoms with E-state index in [4.69, 9.17) is 0 Å².